The third-order valence-corrected chi connectivity index (χ3v) is 5.39. The molecule has 0 aliphatic rings. The second kappa shape index (κ2) is 19.3. The molecule has 21 heteroatoms. The second-order valence-electron chi connectivity index (χ2n) is 9.55. The summed E-state index contributed by atoms with van der Waals surface area (Å²) in [5.41, 5.74) is 25.2. The number of primary amides is 1. The van der Waals surface area contributed by atoms with Gasteiger partial charge < -0.3 is 38.9 Å². The first-order valence-corrected chi connectivity index (χ1v) is 12.9. The van der Waals surface area contributed by atoms with E-state index in [9.17, 15) is 39.4 Å². The van der Waals surface area contributed by atoms with E-state index in [0.29, 0.717) is 0 Å². The van der Waals surface area contributed by atoms with Crippen molar-refractivity contribution in [1.82, 2.24) is 26.8 Å². The van der Waals surface area contributed by atoms with Crippen molar-refractivity contribution in [2.45, 2.75) is 77.0 Å². The highest BCUT2D eigenvalue weighted by Gasteiger charge is 2.28. The van der Waals surface area contributed by atoms with Crippen molar-refractivity contribution in [2.24, 2.45) is 38.8 Å². The zero-order valence-corrected chi connectivity index (χ0v) is 23.7. The summed E-state index contributed by atoms with van der Waals surface area (Å²) in [7, 11) is 0. The first-order valence-electron chi connectivity index (χ1n) is 12.9. The van der Waals surface area contributed by atoms with Crippen LogP contribution in [0.1, 0.15) is 52.9 Å². The lowest BCUT2D eigenvalue weighted by Crippen LogP contribution is -2.57. The molecule has 0 aliphatic heterocycles. The quantitative estimate of drug-likeness (QED) is 0.0224. The van der Waals surface area contributed by atoms with Crippen LogP contribution in [0.25, 0.3) is 0 Å². The van der Waals surface area contributed by atoms with Crippen LogP contribution < -0.4 is 49.7 Å². The van der Waals surface area contributed by atoms with Crippen LogP contribution in [-0.2, 0) is 19.2 Å². The molecule has 0 aromatic rings. The van der Waals surface area contributed by atoms with E-state index in [4.69, 9.17) is 22.9 Å². The molecule has 42 heavy (non-hydrogen) atoms. The van der Waals surface area contributed by atoms with Crippen LogP contribution in [0.2, 0.25) is 0 Å². The fourth-order valence-corrected chi connectivity index (χ4v) is 3.34. The number of nitrogens with one attached hydrogen (secondary N) is 5. The number of guanidine groups is 2. The summed E-state index contributed by atoms with van der Waals surface area (Å²) in [5.74, 6) is -3.73. The van der Waals surface area contributed by atoms with E-state index in [2.05, 4.69) is 25.9 Å². The molecule has 0 fully saturated rings. The zero-order chi connectivity index (χ0) is 32.4. The number of nitrogens with two attached hydrogens (primary N) is 4. The third kappa shape index (κ3) is 17.0. The Labute approximate surface area is 241 Å². The van der Waals surface area contributed by atoms with Gasteiger partial charge in [0.05, 0.1) is 6.04 Å². The maximum Gasteiger partial charge on any atom is 0.251 e. The number of carbonyl (C=O) groups is 4. The van der Waals surface area contributed by atoms with Gasteiger partial charge in [-0.1, -0.05) is 24.7 Å². The van der Waals surface area contributed by atoms with Gasteiger partial charge in [0.15, 0.2) is 10.1 Å². The maximum atomic E-state index is 13.0. The Hall–Kier alpha value is -4.82. The Balaban J connectivity index is 5.24. The Kier molecular flexibility index (Phi) is 17.1. The summed E-state index contributed by atoms with van der Waals surface area (Å²) in [5, 5.41) is 26.4. The van der Waals surface area contributed by atoms with Crippen molar-refractivity contribution in [3.05, 3.63) is 20.2 Å². The molecule has 0 aromatic carbocycles. The predicted molar refractivity (Wildman–Crippen MR) is 150 cm³/mol. The highest BCUT2D eigenvalue weighted by molar-refractivity contribution is 5.94. The minimum absolute atomic E-state index is 0.00485. The summed E-state index contributed by atoms with van der Waals surface area (Å²) < 4.78 is 0. The molecule has 21 nitrogen and oxygen atoms in total. The maximum absolute atomic E-state index is 13.0. The first kappa shape index (κ1) is 37.2. The first-order chi connectivity index (χ1) is 19.5. The molecule has 13 N–H and O–H groups in total. The van der Waals surface area contributed by atoms with E-state index in [0.717, 1.165) is 0 Å². The van der Waals surface area contributed by atoms with Crippen molar-refractivity contribution < 1.29 is 29.2 Å². The van der Waals surface area contributed by atoms with Gasteiger partial charge in [-0.2, -0.15) is 0 Å². The SMILES string of the molecule is CC(C)C[C@H](NC(=O)[C@H](CCCN=C(N)N[N+](=O)[O-])NC(=O)[C@H](C)NC(=O)[C@@H](N)CCCN=C(N)N[N+](=O)[O-])C(N)=O. The summed E-state index contributed by atoms with van der Waals surface area (Å²) in [4.78, 5) is 78.3. The third-order valence-electron chi connectivity index (χ3n) is 5.39. The van der Waals surface area contributed by atoms with Crippen LogP contribution in [0.15, 0.2) is 9.98 Å². The van der Waals surface area contributed by atoms with Crippen LogP contribution in [0.5, 0.6) is 0 Å². The number of carbonyl (C=O) groups excluding carboxylic acids is 4. The summed E-state index contributed by atoms with van der Waals surface area (Å²) in [6, 6.07) is -4.35. The van der Waals surface area contributed by atoms with Gasteiger partial charge >= 0.3 is 0 Å². The highest BCUT2D eigenvalue weighted by atomic mass is 16.7. The predicted octanol–water partition coefficient (Wildman–Crippen LogP) is -3.93. The summed E-state index contributed by atoms with van der Waals surface area (Å²) in [6.07, 6.45) is 0.789. The smallest absolute Gasteiger partial charge is 0.251 e. The van der Waals surface area contributed by atoms with Crippen molar-refractivity contribution in [1.29, 1.82) is 0 Å². The van der Waals surface area contributed by atoms with E-state index in [1.807, 2.05) is 13.8 Å². The van der Waals surface area contributed by atoms with Gasteiger partial charge in [0.1, 0.15) is 18.1 Å². The molecule has 0 saturated heterocycles. The van der Waals surface area contributed by atoms with Gasteiger partial charge in [0, 0.05) is 13.1 Å². The molecule has 0 heterocycles. The van der Waals surface area contributed by atoms with Gasteiger partial charge in [0.2, 0.25) is 23.6 Å². The van der Waals surface area contributed by atoms with Crippen LogP contribution >= 0.6 is 0 Å². The Bertz CT molecular complexity index is 1020. The Morgan fingerprint density at radius 2 is 1.21 bits per heavy atom. The second-order valence-corrected chi connectivity index (χ2v) is 9.55. The summed E-state index contributed by atoms with van der Waals surface area (Å²) >= 11 is 0. The van der Waals surface area contributed by atoms with E-state index in [-0.39, 0.29) is 51.1 Å². The largest absolute Gasteiger partial charge is 0.368 e. The Morgan fingerprint density at radius 3 is 1.67 bits per heavy atom. The standard InChI is InChI=1S/C21H41N13O8/c1-11(2)10-15(16(23)35)30-19(38)14(7-5-9-27-21(25)32-34(41)42)29-17(36)12(3)28-18(37)13(22)6-4-8-26-20(24)31-33(39)40/h11-15H,4-10,22H2,1-3H3,(H2,23,35)(H,28,37)(H,29,36)(H,30,38)(H3,24,26,31)(H3,25,27,32)/t12-,13-,14-,15-/m0/s1. The number of nitro groups is 2. The zero-order valence-electron chi connectivity index (χ0n) is 23.7. The van der Waals surface area contributed by atoms with Gasteiger partial charge in [-0.05, 0) is 44.9 Å². The number of hydrogen-bond donors (Lipinski definition) is 9. The molecular formula is C21H41N13O8. The van der Waals surface area contributed by atoms with Crippen LogP contribution in [0, 0.1) is 26.1 Å². The van der Waals surface area contributed by atoms with Crippen molar-refractivity contribution in [2.75, 3.05) is 13.1 Å². The fourth-order valence-electron chi connectivity index (χ4n) is 3.34. The average molecular weight is 604 g/mol. The molecule has 0 radical (unpaired) electrons. The molecule has 0 bridgehead atoms. The van der Waals surface area contributed by atoms with Crippen LogP contribution in [0.4, 0.5) is 0 Å². The molecule has 0 spiro atoms. The molecule has 0 saturated carbocycles. The van der Waals surface area contributed by atoms with E-state index < -0.39 is 69.8 Å². The van der Waals surface area contributed by atoms with Gasteiger partial charge in [-0.15, -0.1) is 0 Å². The number of hydrogen-bond acceptors (Lipinski definition) is 11. The van der Waals surface area contributed by atoms with E-state index in [1.54, 1.807) is 10.9 Å². The number of aliphatic imine (C=N–C) groups is 2. The number of amides is 4. The van der Waals surface area contributed by atoms with Crippen LogP contribution in [-0.4, -0.2) is 82.9 Å². The topological polar surface area (TPSA) is 344 Å². The molecule has 238 valence electrons. The Morgan fingerprint density at radius 1 is 0.738 bits per heavy atom. The monoisotopic (exact) mass is 603 g/mol. The average Bonchev–Trinajstić information content (AvgIpc) is 2.86. The lowest BCUT2D eigenvalue weighted by atomic mass is 10.0. The molecule has 4 amide bonds. The number of rotatable bonds is 19. The van der Waals surface area contributed by atoms with Gasteiger partial charge in [0.25, 0.3) is 11.9 Å². The highest BCUT2D eigenvalue weighted by Crippen LogP contribution is 2.07. The van der Waals surface area contributed by atoms with Gasteiger partial charge in [-0.3, -0.25) is 19.2 Å². The van der Waals surface area contributed by atoms with Crippen molar-refractivity contribution in [3.63, 3.8) is 0 Å². The molecule has 0 aromatic heterocycles. The molecule has 0 rings (SSSR count). The van der Waals surface area contributed by atoms with E-state index in [1.165, 1.54) is 6.92 Å². The summed E-state index contributed by atoms with van der Waals surface area (Å²) in [6.45, 7) is 5.04. The van der Waals surface area contributed by atoms with Crippen molar-refractivity contribution >= 4 is 35.5 Å². The molecule has 0 aliphatic carbocycles. The molecule has 0 unspecified atom stereocenters. The molecular weight excluding hydrogens is 562 g/mol. The minimum atomic E-state index is -1.18. The number of nitrogens with zero attached hydrogens (tertiary/aromatic N) is 4. The van der Waals surface area contributed by atoms with E-state index >= 15 is 0 Å². The minimum Gasteiger partial charge on any atom is -0.368 e. The van der Waals surface area contributed by atoms with Crippen molar-refractivity contribution in [3.8, 4) is 0 Å². The molecule has 4 atom stereocenters. The lowest BCUT2D eigenvalue weighted by molar-refractivity contribution is -0.525. The fraction of sp³-hybridized carbons (Fsp3) is 0.714. The van der Waals surface area contributed by atoms with Gasteiger partial charge in [-0.25, -0.2) is 30.2 Å². The van der Waals surface area contributed by atoms with Crippen LogP contribution in [0.3, 0.4) is 0 Å². The lowest BCUT2D eigenvalue weighted by Gasteiger charge is -2.24. The normalized spacial score (nSPS) is 14.6. The number of hydrazine groups is 2.